The van der Waals surface area contributed by atoms with Crippen molar-refractivity contribution in [2.24, 2.45) is 0 Å². The molecule has 0 saturated carbocycles. The quantitative estimate of drug-likeness (QED) is 0.115. The lowest BCUT2D eigenvalue weighted by molar-refractivity contribution is 0.0600. The van der Waals surface area contributed by atoms with Gasteiger partial charge in [0.1, 0.15) is 5.75 Å². The molecule has 0 spiro atoms. The van der Waals surface area contributed by atoms with Gasteiger partial charge in [0.05, 0.1) is 43.3 Å². The highest BCUT2D eigenvalue weighted by Gasteiger charge is 2.26. The van der Waals surface area contributed by atoms with Gasteiger partial charge in [0.2, 0.25) is 10.0 Å². The monoisotopic (exact) mass is 710 g/mol. The Bertz CT molecular complexity index is 2130. The molecule has 4 aromatic carbocycles. The zero-order valence-corrected chi connectivity index (χ0v) is 29.5. The summed E-state index contributed by atoms with van der Waals surface area (Å²) in [5, 5.41) is 5.90. The second-order valence-corrected chi connectivity index (χ2v) is 14.3. The molecular weight excluding hydrogens is 672 g/mol. The van der Waals surface area contributed by atoms with Gasteiger partial charge in [-0.1, -0.05) is 72.3 Å². The van der Waals surface area contributed by atoms with Crippen molar-refractivity contribution in [1.29, 1.82) is 0 Å². The third-order valence-corrected chi connectivity index (χ3v) is 10.2. The number of sulfonamides is 1. The maximum atomic E-state index is 13.2. The smallest absolute Gasteiger partial charge is 0.337 e. The second kappa shape index (κ2) is 15.8. The summed E-state index contributed by atoms with van der Waals surface area (Å²) in [5.41, 5.74) is 6.45. The molecule has 6 aromatic rings. The van der Waals surface area contributed by atoms with E-state index < -0.39 is 16.0 Å². The van der Waals surface area contributed by atoms with E-state index in [9.17, 15) is 13.2 Å². The average molecular weight is 711 g/mol. The molecule has 0 aliphatic rings. The van der Waals surface area contributed by atoms with Crippen LogP contribution in [-0.2, 0) is 34.1 Å². The van der Waals surface area contributed by atoms with Gasteiger partial charge in [-0.25, -0.2) is 17.9 Å². The summed E-state index contributed by atoms with van der Waals surface area (Å²) in [7, 11) is -2.24. The van der Waals surface area contributed by atoms with E-state index in [1.54, 1.807) is 35.1 Å². The molecule has 0 saturated heterocycles. The largest absolute Gasteiger partial charge is 0.493 e. The molecule has 6 rings (SSSR count). The van der Waals surface area contributed by atoms with Crippen LogP contribution in [-0.4, -0.2) is 54.7 Å². The molecule has 50 heavy (non-hydrogen) atoms. The number of ether oxygens (including phenoxy) is 2. The lowest BCUT2D eigenvalue weighted by Gasteiger charge is -2.25. The standard InChI is InChI=1S/C39H39ClN4O5S/c1-28-20-23-43(42-28)24-26-50(46,47)41-22-19-37-34(21-25-49-33-16-13-31(14-17-33)39(45)48-2)35-27-32(40)15-18-36(35)44(37)38(29-9-5-3-6-10-29)30-11-7-4-8-12-30/h3-18,20,23,27,38,41H,19,21-22,24-26H2,1-2H3. The predicted octanol–water partition coefficient (Wildman–Crippen LogP) is 7.01. The molecule has 0 bridgehead atoms. The van der Waals surface area contributed by atoms with Gasteiger partial charge >= 0.3 is 5.97 Å². The van der Waals surface area contributed by atoms with Gasteiger partial charge < -0.3 is 14.0 Å². The van der Waals surface area contributed by atoms with Crippen LogP contribution in [0.25, 0.3) is 10.9 Å². The van der Waals surface area contributed by atoms with Crippen LogP contribution in [0, 0.1) is 6.92 Å². The van der Waals surface area contributed by atoms with E-state index in [1.165, 1.54) is 7.11 Å². The van der Waals surface area contributed by atoms with E-state index in [0.29, 0.717) is 35.8 Å². The number of aryl methyl sites for hydroxylation is 2. The first-order valence-electron chi connectivity index (χ1n) is 16.4. The van der Waals surface area contributed by atoms with Crippen molar-refractivity contribution in [3.63, 3.8) is 0 Å². The minimum absolute atomic E-state index is 0.0845. The number of nitrogens with zero attached hydrogens (tertiary/aromatic N) is 3. The summed E-state index contributed by atoms with van der Waals surface area (Å²) in [6.07, 6.45) is 2.73. The van der Waals surface area contributed by atoms with Crippen molar-refractivity contribution in [1.82, 2.24) is 19.1 Å². The molecule has 0 aliphatic carbocycles. The van der Waals surface area contributed by atoms with Crippen molar-refractivity contribution >= 4 is 38.5 Å². The van der Waals surface area contributed by atoms with Crippen LogP contribution in [0.1, 0.15) is 44.5 Å². The molecular formula is C39H39ClN4O5S. The number of fused-ring (bicyclic) bond motifs is 1. The first-order chi connectivity index (χ1) is 24.2. The lowest BCUT2D eigenvalue weighted by Crippen LogP contribution is -2.31. The lowest BCUT2D eigenvalue weighted by atomic mass is 9.97. The molecule has 0 atom stereocenters. The van der Waals surface area contributed by atoms with E-state index in [0.717, 1.165) is 39.0 Å². The molecule has 2 heterocycles. The highest BCUT2D eigenvalue weighted by Crippen LogP contribution is 2.37. The number of rotatable bonds is 15. The number of carbonyl (C=O) groups is 1. The SMILES string of the molecule is COC(=O)c1ccc(OCCc2c(CCNS(=O)(=O)CCn3ccc(C)n3)n(C(c3ccccc3)c3ccccc3)c3ccc(Cl)cc23)cc1. The fraction of sp³-hybridized carbons (Fsp3) is 0.231. The Morgan fingerprint density at radius 1 is 0.900 bits per heavy atom. The molecule has 0 radical (unpaired) electrons. The highest BCUT2D eigenvalue weighted by atomic mass is 35.5. The number of aromatic nitrogens is 3. The molecule has 9 nitrogen and oxygen atoms in total. The molecule has 0 amide bonds. The number of hydrogen-bond acceptors (Lipinski definition) is 6. The number of halogens is 1. The minimum atomic E-state index is -3.59. The van der Waals surface area contributed by atoms with E-state index in [1.807, 2.05) is 67.6 Å². The van der Waals surface area contributed by atoms with E-state index in [4.69, 9.17) is 21.1 Å². The van der Waals surface area contributed by atoms with Crippen LogP contribution in [0.3, 0.4) is 0 Å². The first kappa shape index (κ1) is 34.9. The predicted molar refractivity (Wildman–Crippen MR) is 197 cm³/mol. The van der Waals surface area contributed by atoms with Crippen LogP contribution < -0.4 is 9.46 Å². The van der Waals surface area contributed by atoms with Gasteiger partial charge in [-0.05, 0) is 72.1 Å². The zero-order chi connectivity index (χ0) is 35.1. The van der Waals surface area contributed by atoms with E-state index in [-0.39, 0.29) is 24.9 Å². The van der Waals surface area contributed by atoms with Crippen LogP contribution >= 0.6 is 11.6 Å². The molecule has 258 valence electrons. The molecule has 2 aromatic heterocycles. The Morgan fingerprint density at radius 3 is 2.20 bits per heavy atom. The summed E-state index contributed by atoms with van der Waals surface area (Å²) in [4.78, 5) is 11.9. The Hall–Kier alpha value is -4.90. The third-order valence-electron chi connectivity index (χ3n) is 8.61. The van der Waals surface area contributed by atoms with Crippen LogP contribution in [0.15, 0.2) is 115 Å². The number of nitrogens with one attached hydrogen (secondary N) is 1. The maximum Gasteiger partial charge on any atom is 0.337 e. The van der Waals surface area contributed by atoms with Gasteiger partial charge in [-0.15, -0.1) is 0 Å². The summed E-state index contributed by atoms with van der Waals surface area (Å²) >= 11 is 6.62. The zero-order valence-electron chi connectivity index (χ0n) is 28.0. The van der Waals surface area contributed by atoms with Gasteiger partial charge in [-0.2, -0.15) is 5.10 Å². The Labute approximate surface area is 297 Å². The van der Waals surface area contributed by atoms with Crippen molar-refractivity contribution < 1.29 is 22.7 Å². The fourth-order valence-corrected chi connectivity index (χ4v) is 7.44. The van der Waals surface area contributed by atoms with Crippen molar-refractivity contribution in [3.8, 4) is 5.75 Å². The summed E-state index contributed by atoms with van der Waals surface area (Å²) in [6.45, 7) is 2.67. The summed E-state index contributed by atoms with van der Waals surface area (Å²) in [5.74, 6) is 0.121. The summed E-state index contributed by atoms with van der Waals surface area (Å²) < 4.78 is 44.1. The normalized spacial score (nSPS) is 11.7. The highest BCUT2D eigenvalue weighted by molar-refractivity contribution is 7.89. The number of hydrogen-bond donors (Lipinski definition) is 1. The number of carbonyl (C=O) groups excluding carboxylic acids is 1. The topological polar surface area (TPSA) is 104 Å². The first-order valence-corrected chi connectivity index (χ1v) is 18.4. The fourth-order valence-electron chi connectivity index (χ4n) is 6.29. The van der Waals surface area contributed by atoms with Crippen LogP contribution in [0.2, 0.25) is 5.02 Å². The van der Waals surface area contributed by atoms with E-state index >= 15 is 0 Å². The molecule has 11 heteroatoms. The number of benzene rings is 4. The van der Waals surface area contributed by atoms with Crippen molar-refractivity contribution in [3.05, 3.63) is 154 Å². The summed E-state index contributed by atoms with van der Waals surface area (Å²) in [6, 6.07) is 35.0. The Morgan fingerprint density at radius 2 is 1.58 bits per heavy atom. The van der Waals surface area contributed by atoms with Crippen LogP contribution in [0.4, 0.5) is 0 Å². The van der Waals surface area contributed by atoms with Crippen molar-refractivity contribution in [2.45, 2.75) is 32.4 Å². The van der Waals surface area contributed by atoms with Gasteiger partial charge in [-0.3, -0.25) is 4.68 Å². The average Bonchev–Trinajstić information content (AvgIpc) is 3.68. The third kappa shape index (κ3) is 8.27. The van der Waals surface area contributed by atoms with Gasteiger partial charge in [0, 0.05) is 47.2 Å². The van der Waals surface area contributed by atoms with Gasteiger partial charge in [0.15, 0.2) is 0 Å². The second-order valence-electron chi connectivity index (χ2n) is 12.0. The Kier molecular flexibility index (Phi) is 11.0. The number of esters is 1. The van der Waals surface area contributed by atoms with Gasteiger partial charge in [0.25, 0.3) is 0 Å². The molecule has 0 fully saturated rings. The molecule has 1 N–H and O–H groups in total. The van der Waals surface area contributed by atoms with Crippen LogP contribution in [0.5, 0.6) is 5.75 Å². The molecule has 0 aliphatic heterocycles. The maximum absolute atomic E-state index is 13.2. The Balaban J connectivity index is 1.36. The van der Waals surface area contributed by atoms with E-state index in [2.05, 4.69) is 38.7 Å². The minimum Gasteiger partial charge on any atom is -0.493 e. The van der Waals surface area contributed by atoms with Crippen molar-refractivity contribution in [2.75, 3.05) is 26.0 Å². The number of methoxy groups -OCH3 is 1. The molecule has 0 unspecified atom stereocenters.